The van der Waals surface area contributed by atoms with Gasteiger partial charge in [-0.25, -0.2) is 9.97 Å². The predicted molar refractivity (Wildman–Crippen MR) is 118 cm³/mol. The van der Waals surface area contributed by atoms with Crippen LogP contribution in [0.1, 0.15) is 20.9 Å². The number of nitrogens with zero attached hydrogens (tertiary/aromatic N) is 3. The quantitative estimate of drug-likeness (QED) is 0.548. The summed E-state index contributed by atoms with van der Waals surface area (Å²) in [5.74, 6) is -0.0733. The topological polar surface area (TPSA) is 50.5 Å². The molecule has 0 aliphatic rings. The molecule has 4 rings (SSSR count). The normalized spacial score (nSPS) is 11.6. The number of aryl methyl sites for hydroxylation is 2. The van der Waals surface area contributed by atoms with Gasteiger partial charge in [-0.2, -0.15) is 0 Å². The maximum Gasteiger partial charge on any atom is 0.289 e. The van der Waals surface area contributed by atoms with Crippen LogP contribution in [0.5, 0.6) is 0 Å². The second kappa shape index (κ2) is 7.58. The lowest BCUT2D eigenvalue weighted by Crippen LogP contribution is -3.06. The second-order valence-electron chi connectivity index (χ2n) is 7.33. The van der Waals surface area contributed by atoms with Gasteiger partial charge in [-0.15, -0.1) is 11.3 Å². The van der Waals surface area contributed by atoms with Crippen molar-refractivity contribution in [2.75, 3.05) is 32.1 Å². The number of aromatic nitrogens is 2. The van der Waals surface area contributed by atoms with Crippen molar-refractivity contribution in [3.63, 3.8) is 0 Å². The number of rotatable bonds is 5. The van der Waals surface area contributed by atoms with Crippen molar-refractivity contribution in [3.05, 3.63) is 52.5 Å². The van der Waals surface area contributed by atoms with Crippen molar-refractivity contribution in [2.45, 2.75) is 13.8 Å². The zero-order valence-corrected chi connectivity index (χ0v) is 18.1. The molecule has 0 fully saturated rings. The molecule has 0 radical (unpaired) electrons. The van der Waals surface area contributed by atoms with Gasteiger partial charge in [0.05, 0.1) is 47.6 Å². The minimum atomic E-state index is -0.0733. The number of benzene rings is 2. The molecule has 0 aliphatic carbocycles. The van der Waals surface area contributed by atoms with Crippen LogP contribution >= 0.6 is 22.7 Å². The van der Waals surface area contributed by atoms with Crippen LogP contribution in [0.25, 0.3) is 20.4 Å². The monoisotopic (exact) mass is 411 g/mol. The smallest absolute Gasteiger partial charge is 0.289 e. The molecule has 0 saturated carbocycles. The maximum atomic E-state index is 13.4. The molecule has 0 saturated heterocycles. The Morgan fingerprint density at radius 2 is 1.86 bits per heavy atom. The van der Waals surface area contributed by atoms with E-state index in [9.17, 15) is 4.79 Å². The first-order valence-electron chi connectivity index (χ1n) is 9.26. The SMILES string of the molecule is Cc1cc(C)c2sc(N(CC[NH+](C)C)C(=O)c3nc4ccccc4s3)nc2c1. The molecule has 0 spiro atoms. The highest BCUT2D eigenvalue weighted by Gasteiger charge is 2.25. The summed E-state index contributed by atoms with van der Waals surface area (Å²) in [6.07, 6.45) is 0. The highest BCUT2D eigenvalue weighted by atomic mass is 32.1. The lowest BCUT2D eigenvalue weighted by molar-refractivity contribution is -0.856. The van der Waals surface area contributed by atoms with Gasteiger partial charge in [0.2, 0.25) is 0 Å². The van der Waals surface area contributed by atoms with Gasteiger partial charge < -0.3 is 4.90 Å². The molecule has 7 heteroatoms. The Bertz CT molecular complexity index is 1130. The minimum Gasteiger partial charge on any atom is -0.338 e. The van der Waals surface area contributed by atoms with Gasteiger partial charge in [0, 0.05) is 0 Å². The van der Waals surface area contributed by atoms with E-state index in [2.05, 4.69) is 45.1 Å². The number of carbonyl (C=O) groups excluding carboxylic acids is 1. The van der Waals surface area contributed by atoms with E-state index in [1.807, 2.05) is 24.3 Å². The number of hydrogen-bond donors (Lipinski definition) is 1. The fourth-order valence-electron chi connectivity index (χ4n) is 3.18. The van der Waals surface area contributed by atoms with Crippen LogP contribution in [0.15, 0.2) is 36.4 Å². The number of amides is 1. The molecule has 5 nitrogen and oxygen atoms in total. The lowest BCUT2D eigenvalue weighted by atomic mass is 10.1. The molecular weight excluding hydrogens is 388 g/mol. The molecule has 2 aromatic heterocycles. The number of anilines is 1. The van der Waals surface area contributed by atoms with Gasteiger partial charge >= 0.3 is 0 Å². The summed E-state index contributed by atoms with van der Waals surface area (Å²) in [5.41, 5.74) is 4.20. The number of carbonyl (C=O) groups is 1. The van der Waals surface area contributed by atoms with Crippen LogP contribution in [0.4, 0.5) is 5.13 Å². The van der Waals surface area contributed by atoms with Gasteiger partial charge in [-0.05, 0) is 43.2 Å². The second-order valence-corrected chi connectivity index (χ2v) is 9.34. The molecule has 1 N–H and O–H groups in total. The lowest BCUT2D eigenvalue weighted by Gasteiger charge is -2.19. The molecule has 0 aliphatic heterocycles. The van der Waals surface area contributed by atoms with Crippen LogP contribution in [-0.4, -0.2) is 43.1 Å². The Labute approximate surface area is 172 Å². The van der Waals surface area contributed by atoms with Gasteiger partial charge in [-0.3, -0.25) is 9.69 Å². The number of likely N-dealkylation sites (N-methyl/N-ethyl adjacent to an activating group) is 1. The summed E-state index contributed by atoms with van der Waals surface area (Å²) in [4.78, 5) is 25.8. The molecule has 4 aromatic rings. The zero-order chi connectivity index (χ0) is 19.8. The van der Waals surface area contributed by atoms with Gasteiger partial charge in [-0.1, -0.05) is 29.5 Å². The maximum absolute atomic E-state index is 13.4. The number of quaternary nitrogens is 1. The van der Waals surface area contributed by atoms with Crippen molar-refractivity contribution in [1.29, 1.82) is 0 Å². The molecular formula is C21H23N4OS2+. The van der Waals surface area contributed by atoms with Crippen molar-refractivity contribution >= 4 is 54.1 Å². The molecule has 0 atom stereocenters. The van der Waals surface area contributed by atoms with E-state index >= 15 is 0 Å². The van der Waals surface area contributed by atoms with E-state index in [1.54, 1.807) is 16.2 Å². The van der Waals surface area contributed by atoms with E-state index < -0.39 is 0 Å². The van der Waals surface area contributed by atoms with Crippen molar-refractivity contribution < 1.29 is 9.69 Å². The average Bonchev–Trinajstić information content (AvgIpc) is 3.25. The molecule has 1 amide bonds. The van der Waals surface area contributed by atoms with Gasteiger partial charge in [0.15, 0.2) is 10.1 Å². The van der Waals surface area contributed by atoms with E-state index in [4.69, 9.17) is 4.98 Å². The van der Waals surface area contributed by atoms with Crippen LogP contribution in [0, 0.1) is 13.8 Å². The molecule has 28 heavy (non-hydrogen) atoms. The first kappa shape index (κ1) is 19.0. The Balaban J connectivity index is 1.76. The summed E-state index contributed by atoms with van der Waals surface area (Å²) in [6, 6.07) is 12.1. The van der Waals surface area contributed by atoms with Crippen LogP contribution < -0.4 is 9.80 Å². The Hall–Kier alpha value is -2.35. The Morgan fingerprint density at radius 3 is 2.61 bits per heavy atom. The average molecular weight is 412 g/mol. The third kappa shape index (κ3) is 3.65. The van der Waals surface area contributed by atoms with Crippen molar-refractivity contribution in [2.24, 2.45) is 0 Å². The number of para-hydroxylation sites is 1. The molecule has 2 heterocycles. The summed E-state index contributed by atoms with van der Waals surface area (Å²) >= 11 is 3.03. The standard InChI is InChI=1S/C21H22N4OS2/c1-13-11-14(2)18-16(12-13)23-21(28-18)25(10-9-24(3)4)20(26)19-22-15-7-5-6-8-17(15)27-19/h5-8,11-12H,9-10H2,1-4H3/p+1. The highest BCUT2D eigenvalue weighted by molar-refractivity contribution is 7.23. The third-order valence-corrected chi connectivity index (χ3v) is 6.85. The number of thiazole rings is 2. The summed E-state index contributed by atoms with van der Waals surface area (Å²) in [6.45, 7) is 5.62. The van der Waals surface area contributed by atoms with Gasteiger partial charge in [0.1, 0.15) is 0 Å². The molecule has 0 bridgehead atoms. The fourth-order valence-corrected chi connectivity index (χ4v) is 5.13. The van der Waals surface area contributed by atoms with Crippen LogP contribution in [-0.2, 0) is 0 Å². The van der Waals surface area contributed by atoms with Crippen molar-refractivity contribution in [1.82, 2.24) is 9.97 Å². The Kier molecular flexibility index (Phi) is 5.14. The van der Waals surface area contributed by atoms with E-state index in [-0.39, 0.29) is 5.91 Å². The summed E-state index contributed by atoms with van der Waals surface area (Å²) in [7, 11) is 4.18. The van der Waals surface area contributed by atoms with E-state index in [1.165, 1.54) is 27.4 Å². The summed E-state index contributed by atoms with van der Waals surface area (Å²) < 4.78 is 2.17. The minimum absolute atomic E-state index is 0.0733. The van der Waals surface area contributed by atoms with Crippen molar-refractivity contribution in [3.8, 4) is 0 Å². The fraction of sp³-hybridized carbons (Fsp3) is 0.286. The van der Waals surface area contributed by atoms with Crippen LogP contribution in [0.3, 0.4) is 0 Å². The number of fused-ring (bicyclic) bond motifs is 2. The largest absolute Gasteiger partial charge is 0.338 e. The summed E-state index contributed by atoms with van der Waals surface area (Å²) in [5, 5.41) is 1.26. The van der Waals surface area contributed by atoms with Crippen LogP contribution in [0.2, 0.25) is 0 Å². The first-order valence-corrected chi connectivity index (χ1v) is 10.9. The molecule has 0 unspecified atom stereocenters. The van der Waals surface area contributed by atoms with E-state index in [0.717, 1.165) is 32.1 Å². The molecule has 2 aromatic carbocycles. The van der Waals surface area contributed by atoms with E-state index in [0.29, 0.717) is 11.6 Å². The number of hydrogen-bond acceptors (Lipinski definition) is 5. The number of nitrogens with one attached hydrogen (secondary N) is 1. The van der Waals surface area contributed by atoms with Gasteiger partial charge in [0.25, 0.3) is 5.91 Å². The zero-order valence-electron chi connectivity index (χ0n) is 16.4. The molecule has 144 valence electrons. The predicted octanol–water partition coefficient (Wildman–Crippen LogP) is 3.31. The Morgan fingerprint density at radius 1 is 1.07 bits per heavy atom. The first-order chi connectivity index (χ1) is 13.4. The third-order valence-electron chi connectivity index (χ3n) is 4.60. The highest BCUT2D eigenvalue weighted by Crippen LogP contribution is 2.33.